The van der Waals surface area contributed by atoms with Gasteiger partial charge in [-0.2, -0.15) is 13.2 Å². The molecule has 6 heteroatoms. The molecule has 0 aromatic carbocycles. The van der Waals surface area contributed by atoms with Gasteiger partial charge in [-0.1, -0.05) is 0 Å². The molecule has 72 valence electrons. The molecule has 0 radical (unpaired) electrons. The Kier molecular flexibility index (Phi) is 3.51. The molecule has 0 rings (SSSR count). The molecular weight excluding hydrogens is 171 g/mol. The Morgan fingerprint density at radius 1 is 1.50 bits per heavy atom. The Hall–Kier alpha value is -0.780. The number of hydrogen-bond donors (Lipinski definition) is 1. The maximum absolute atomic E-state index is 12.1. The van der Waals surface area contributed by atoms with E-state index >= 15 is 0 Å². The largest absolute Gasteiger partial charge is 0.449 e. The van der Waals surface area contributed by atoms with E-state index in [2.05, 4.69) is 4.99 Å². The first kappa shape index (κ1) is 11.2. The predicted molar refractivity (Wildman–Crippen MR) is 40.8 cm³/mol. The third-order valence-electron chi connectivity index (χ3n) is 1.41. The fraction of sp³-hybridized carbons (Fsp3) is 0.833. The van der Waals surface area contributed by atoms with Gasteiger partial charge in [0.05, 0.1) is 6.17 Å². The van der Waals surface area contributed by atoms with Gasteiger partial charge in [0.15, 0.2) is 0 Å². The van der Waals surface area contributed by atoms with Crippen molar-refractivity contribution in [1.82, 2.24) is 4.90 Å². The van der Waals surface area contributed by atoms with Crippen molar-refractivity contribution in [2.75, 3.05) is 14.1 Å². The van der Waals surface area contributed by atoms with E-state index < -0.39 is 18.2 Å². The average Bonchev–Trinajstić information content (AvgIpc) is 1.85. The van der Waals surface area contributed by atoms with E-state index in [-0.39, 0.29) is 0 Å². The summed E-state index contributed by atoms with van der Waals surface area (Å²) >= 11 is 0. The molecule has 0 bridgehead atoms. The van der Waals surface area contributed by atoms with Gasteiger partial charge in [-0.15, -0.1) is 0 Å². The van der Waals surface area contributed by atoms with Gasteiger partial charge >= 0.3 is 6.18 Å². The number of nitrogens with two attached hydrogens (primary N) is 1. The highest BCUT2D eigenvalue weighted by atomic mass is 19.4. The molecule has 0 aliphatic heterocycles. The minimum absolute atomic E-state index is 0.703. The molecule has 2 N–H and O–H groups in total. The minimum Gasteiger partial charge on any atom is -0.341 e. The van der Waals surface area contributed by atoms with Crippen molar-refractivity contribution in [2.45, 2.75) is 19.3 Å². The van der Waals surface area contributed by atoms with Crippen LogP contribution in [0.2, 0.25) is 0 Å². The van der Waals surface area contributed by atoms with Gasteiger partial charge in [0, 0.05) is 14.1 Å². The van der Waals surface area contributed by atoms with E-state index in [9.17, 15) is 13.2 Å². The fourth-order valence-electron chi connectivity index (χ4n) is 0.677. The summed E-state index contributed by atoms with van der Waals surface area (Å²) < 4.78 is 36.3. The van der Waals surface area contributed by atoms with E-state index in [1.165, 1.54) is 14.0 Å². The second-order valence-corrected chi connectivity index (χ2v) is 2.40. The molecule has 1 atom stereocenters. The zero-order chi connectivity index (χ0) is 9.94. The first-order valence-corrected chi connectivity index (χ1v) is 3.33. The molecular formula is C6H12F3N3. The summed E-state index contributed by atoms with van der Waals surface area (Å²) in [4.78, 5) is 3.99. The summed E-state index contributed by atoms with van der Waals surface area (Å²) in [5.41, 5.74) is 5.25. The highest BCUT2D eigenvalue weighted by Gasteiger charge is 2.38. The third-order valence-corrected chi connectivity index (χ3v) is 1.41. The topological polar surface area (TPSA) is 41.6 Å². The monoisotopic (exact) mass is 183 g/mol. The second kappa shape index (κ2) is 3.75. The van der Waals surface area contributed by atoms with Crippen molar-refractivity contribution in [2.24, 2.45) is 10.7 Å². The summed E-state index contributed by atoms with van der Waals surface area (Å²) in [6.07, 6.45) is -5.14. The Balaban J connectivity index is 4.60. The Labute approximate surface area is 69.1 Å². The van der Waals surface area contributed by atoms with E-state index in [1.807, 2.05) is 0 Å². The maximum atomic E-state index is 12.1. The molecule has 0 amide bonds. The normalized spacial score (nSPS) is 16.1. The van der Waals surface area contributed by atoms with Gasteiger partial charge in [0.1, 0.15) is 0 Å². The average molecular weight is 183 g/mol. The summed E-state index contributed by atoms with van der Waals surface area (Å²) in [5.74, 6) is -0.961. The van der Waals surface area contributed by atoms with Crippen LogP contribution in [0.1, 0.15) is 6.92 Å². The standard InChI is InChI=1S/C6H12F3N3/c1-4(10)12(3)5(11-2)6(7,8)9/h4H,10H2,1-3H3/b11-5-. The van der Waals surface area contributed by atoms with Crippen LogP contribution in [0.4, 0.5) is 13.2 Å². The van der Waals surface area contributed by atoms with Crippen LogP contribution in [0.5, 0.6) is 0 Å². The summed E-state index contributed by atoms with van der Waals surface area (Å²) in [6.45, 7) is 1.46. The van der Waals surface area contributed by atoms with E-state index in [0.717, 1.165) is 11.9 Å². The van der Waals surface area contributed by atoms with E-state index in [1.54, 1.807) is 0 Å². The molecule has 0 saturated carbocycles. The Bertz CT molecular complexity index is 173. The lowest BCUT2D eigenvalue weighted by Gasteiger charge is -2.25. The molecule has 0 fully saturated rings. The van der Waals surface area contributed by atoms with E-state index in [4.69, 9.17) is 5.73 Å². The second-order valence-electron chi connectivity index (χ2n) is 2.40. The van der Waals surface area contributed by atoms with Gasteiger partial charge in [-0.25, -0.2) is 0 Å². The predicted octanol–water partition coefficient (Wildman–Crippen LogP) is 0.814. The number of alkyl halides is 3. The molecule has 0 aliphatic rings. The lowest BCUT2D eigenvalue weighted by atomic mass is 10.4. The molecule has 0 aliphatic carbocycles. The maximum Gasteiger partial charge on any atom is 0.449 e. The number of halogens is 3. The lowest BCUT2D eigenvalue weighted by molar-refractivity contribution is -0.0692. The first-order chi connectivity index (χ1) is 5.30. The van der Waals surface area contributed by atoms with Crippen LogP contribution < -0.4 is 5.73 Å². The number of nitrogens with zero attached hydrogens (tertiary/aromatic N) is 2. The van der Waals surface area contributed by atoms with Crippen LogP contribution in [0.25, 0.3) is 0 Å². The molecule has 0 aromatic heterocycles. The SMILES string of the molecule is C/N=C(\N(C)C(C)N)C(F)(F)F. The van der Waals surface area contributed by atoms with Crippen LogP contribution in [0.3, 0.4) is 0 Å². The lowest BCUT2D eigenvalue weighted by Crippen LogP contribution is -2.47. The van der Waals surface area contributed by atoms with Gasteiger partial charge in [0.2, 0.25) is 5.84 Å². The molecule has 12 heavy (non-hydrogen) atoms. The van der Waals surface area contributed by atoms with Gasteiger partial charge < -0.3 is 10.6 Å². The van der Waals surface area contributed by atoms with Crippen LogP contribution >= 0.6 is 0 Å². The Morgan fingerprint density at radius 3 is 2.00 bits per heavy atom. The fourth-order valence-corrected chi connectivity index (χ4v) is 0.677. The van der Waals surface area contributed by atoms with Crippen molar-refractivity contribution in [1.29, 1.82) is 0 Å². The van der Waals surface area contributed by atoms with Crippen molar-refractivity contribution in [3.8, 4) is 0 Å². The number of hydrogen-bond acceptors (Lipinski definition) is 2. The van der Waals surface area contributed by atoms with Crippen LogP contribution in [0, 0.1) is 0 Å². The van der Waals surface area contributed by atoms with Crippen molar-refractivity contribution < 1.29 is 13.2 Å². The third kappa shape index (κ3) is 2.69. The summed E-state index contributed by atoms with van der Waals surface area (Å²) in [7, 11) is 2.34. The summed E-state index contributed by atoms with van der Waals surface area (Å²) in [6, 6.07) is 0. The van der Waals surface area contributed by atoms with Crippen molar-refractivity contribution >= 4 is 5.84 Å². The van der Waals surface area contributed by atoms with Gasteiger partial charge in [-0.05, 0) is 6.92 Å². The molecule has 0 spiro atoms. The molecule has 0 aromatic rings. The molecule has 3 nitrogen and oxygen atoms in total. The quantitative estimate of drug-likeness (QED) is 0.371. The molecule has 0 saturated heterocycles. The zero-order valence-electron chi connectivity index (χ0n) is 7.18. The van der Waals surface area contributed by atoms with E-state index in [0.29, 0.717) is 0 Å². The van der Waals surface area contributed by atoms with Gasteiger partial charge in [0.25, 0.3) is 0 Å². The van der Waals surface area contributed by atoms with Crippen LogP contribution in [0.15, 0.2) is 4.99 Å². The molecule has 0 heterocycles. The summed E-state index contributed by atoms with van der Waals surface area (Å²) in [5, 5.41) is 0. The number of rotatable bonds is 1. The van der Waals surface area contributed by atoms with Crippen molar-refractivity contribution in [3.63, 3.8) is 0 Å². The van der Waals surface area contributed by atoms with Crippen LogP contribution in [-0.2, 0) is 0 Å². The van der Waals surface area contributed by atoms with Gasteiger partial charge in [-0.3, -0.25) is 4.99 Å². The van der Waals surface area contributed by atoms with Crippen LogP contribution in [-0.4, -0.2) is 37.2 Å². The number of amidine groups is 1. The zero-order valence-corrected chi connectivity index (χ0v) is 7.18. The highest BCUT2D eigenvalue weighted by Crippen LogP contribution is 2.19. The minimum atomic E-state index is -4.43. The molecule has 1 unspecified atom stereocenters. The number of aliphatic imine (C=N–C) groups is 1. The Morgan fingerprint density at radius 2 is 1.92 bits per heavy atom. The highest BCUT2D eigenvalue weighted by molar-refractivity contribution is 5.87. The smallest absolute Gasteiger partial charge is 0.341 e. The first-order valence-electron chi connectivity index (χ1n) is 3.33. The van der Waals surface area contributed by atoms with Crippen molar-refractivity contribution in [3.05, 3.63) is 0 Å².